The van der Waals surface area contributed by atoms with Gasteiger partial charge in [-0.3, -0.25) is 4.79 Å². The molecule has 0 radical (unpaired) electrons. The number of hydrogen-bond donors (Lipinski definition) is 3. The molecule has 0 spiro atoms. The van der Waals surface area contributed by atoms with E-state index < -0.39 is 0 Å². The van der Waals surface area contributed by atoms with Crippen molar-refractivity contribution in [2.45, 2.75) is 44.2 Å². The van der Waals surface area contributed by atoms with Crippen LogP contribution < -0.4 is 10.6 Å². The van der Waals surface area contributed by atoms with Gasteiger partial charge in [0.2, 0.25) is 5.91 Å². The van der Waals surface area contributed by atoms with Crippen molar-refractivity contribution in [3.05, 3.63) is 48.5 Å². The number of aromatic nitrogens is 2. The number of nitrogens with zero attached hydrogens (tertiary/aromatic N) is 1. The molecule has 138 valence electrons. The van der Waals surface area contributed by atoms with Gasteiger partial charge in [-0.15, -0.1) is 0 Å². The van der Waals surface area contributed by atoms with Crippen molar-refractivity contribution in [3.8, 4) is 11.4 Å². The molecule has 0 aliphatic carbocycles. The number of fused-ring (bicyclic) bond motifs is 3. The second-order valence-corrected chi connectivity index (χ2v) is 7.91. The number of nitrogens with one attached hydrogen (secondary N) is 3. The lowest BCUT2D eigenvalue weighted by Crippen LogP contribution is -2.39. The molecule has 5 heteroatoms. The van der Waals surface area contributed by atoms with Gasteiger partial charge in [0.1, 0.15) is 5.82 Å². The van der Waals surface area contributed by atoms with Gasteiger partial charge in [-0.2, -0.15) is 0 Å². The highest BCUT2D eigenvalue weighted by molar-refractivity contribution is 5.91. The number of aromatic amines is 1. The normalized spacial score (nSPS) is 24.2. The molecular formula is C22H24N4O. The van der Waals surface area contributed by atoms with Gasteiger partial charge in [-0.25, -0.2) is 4.98 Å². The lowest BCUT2D eigenvalue weighted by atomic mass is 9.89. The zero-order valence-electron chi connectivity index (χ0n) is 15.2. The van der Waals surface area contributed by atoms with Crippen LogP contribution in [0.25, 0.3) is 22.4 Å². The van der Waals surface area contributed by atoms with E-state index in [0.717, 1.165) is 41.0 Å². The maximum Gasteiger partial charge on any atom is 0.224 e. The standard InChI is InChI=1S/C22H24N4O/c27-21(13-14-11-17-9-10-18(12-14)23-17)24-16-7-5-15(6-8-16)22-25-19-3-1-2-4-20(19)26-22/h1-8,14,17-18,23H,9-13H2,(H,24,27)(H,25,26). The molecule has 0 saturated carbocycles. The van der Waals surface area contributed by atoms with Crippen molar-refractivity contribution in [1.29, 1.82) is 0 Å². The van der Waals surface area contributed by atoms with Crippen LogP contribution in [0.3, 0.4) is 0 Å². The summed E-state index contributed by atoms with van der Waals surface area (Å²) in [5.74, 6) is 1.48. The van der Waals surface area contributed by atoms with E-state index in [1.807, 2.05) is 48.5 Å². The number of piperidine rings is 1. The maximum absolute atomic E-state index is 12.4. The summed E-state index contributed by atoms with van der Waals surface area (Å²) in [6.07, 6.45) is 5.43. The topological polar surface area (TPSA) is 69.8 Å². The van der Waals surface area contributed by atoms with Crippen LogP contribution in [0.2, 0.25) is 0 Å². The first-order valence-electron chi connectivity index (χ1n) is 9.84. The van der Waals surface area contributed by atoms with Gasteiger partial charge in [-0.1, -0.05) is 12.1 Å². The molecule has 3 heterocycles. The molecule has 2 fully saturated rings. The Balaban J connectivity index is 1.23. The molecule has 2 bridgehead atoms. The van der Waals surface area contributed by atoms with E-state index in [9.17, 15) is 4.79 Å². The zero-order valence-corrected chi connectivity index (χ0v) is 15.2. The lowest BCUT2D eigenvalue weighted by molar-refractivity contribution is -0.117. The minimum absolute atomic E-state index is 0.123. The van der Waals surface area contributed by atoms with E-state index in [0.29, 0.717) is 24.4 Å². The third-order valence-electron chi connectivity index (χ3n) is 5.88. The van der Waals surface area contributed by atoms with Crippen molar-refractivity contribution < 1.29 is 4.79 Å². The molecule has 27 heavy (non-hydrogen) atoms. The van der Waals surface area contributed by atoms with E-state index in [1.54, 1.807) is 0 Å². The number of carbonyl (C=O) groups excluding carboxylic acids is 1. The Morgan fingerprint density at radius 1 is 1.04 bits per heavy atom. The average Bonchev–Trinajstić information content (AvgIpc) is 3.25. The summed E-state index contributed by atoms with van der Waals surface area (Å²) >= 11 is 0. The van der Waals surface area contributed by atoms with E-state index in [2.05, 4.69) is 20.6 Å². The Morgan fingerprint density at radius 3 is 2.52 bits per heavy atom. The number of anilines is 1. The van der Waals surface area contributed by atoms with E-state index >= 15 is 0 Å². The summed E-state index contributed by atoms with van der Waals surface area (Å²) in [7, 11) is 0. The smallest absolute Gasteiger partial charge is 0.224 e. The van der Waals surface area contributed by atoms with Crippen molar-refractivity contribution in [2.75, 3.05) is 5.32 Å². The van der Waals surface area contributed by atoms with Crippen molar-refractivity contribution in [2.24, 2.45) is 5.92 Å². The second-order valence-electron chi connectivity index (χ2n) is 7.91. The van der Waals surface area contributed by atoms with Gasteiger partial charge in [-0.05, 0) is 68.0 Å². The van der Waals surface area contributed by atoms with Crippen LogP contribution in [0.4, 0.5) is 5.69 Å². The molecule has 3 N–H and O–H groups in total. The molecule has 2 atom stereocenters. The molecule has 2 aliphatic rings. The summed E-state index contributed by atoms with van der Waals surface area (Å²) in [6, 6.07) is 17.2. The highest BCUT2D eigenvalue weighted by Gasteiger charge is 2.34. The van der Waals surface area contributed by atoms with E-state index in [1.165, 1.54) is 12.8 Å². The van der Waals surface area contributed by atoms with E-state index in [-0.39, 0.29) is 5.91 Å². The van der Waals surface area contributed by atoms with E-state index in [4.69, 9.17) is 0 Å². The summed E-state index contributed by atoms with van der Waals surface area (Å²) in [5, 5.41) is 6.69. The van der Waals surface area contributed by atoms with Crippen LogP contribution in [-0.4, -0.2) is 28.0 Å². The minimum atomic E-state index is 0.123. The highest BCUT2D eigenvalue weighted by Crippen LogP contribution is 2.33. The molecule has 5 nitrogen and oxygen atoms in total. The van der Waals surface area contributed by atoms with Crippen molar-refractivity contribution in [1.82, 2.24) is 15.3 Å². The fourth-order valence-electron chi connectivity index (χ4n) is 4.62. The van der Waals surface area contributed by atoms with Crippen LogP contribution >= 0.6 is 0 Å². The Hall–Kier alpha value is -2.66. The SMILES string of the molecule is O=C(CC1CC2CCC(C1)N2)Nc1ccc(-c2nc3ccccc3[nH]2)cc1. The monoisotopic (exact) mass is 360 g/mol. The molecule has 1 amide bonds. The number of imidazole rings is 1. The van der Waals surface area contributed by atoms with Crippen LogP contribution in [0.15, 0.2) is 48.5 Å². The van der Waals surface area contributed by atoms with Crippen LogP contribution in [0.5, 0.6) is 0 Å². The molecule has 1 aromatic heterocycles. The third kappa shape index (κ3) is 3.47. The van der Waals surface area contributed by atoms with Crippen LogP contribution in [0.1, 0.15) is 32.1 Å². The number of carbonyl (C=O) groups is 1. The Morgan fingerprint density at radius 2 is 1.78 bits per heavy atom. The number of benzene rings is 2. The fraction of sp³-hybridized carbons (Fsp3) is 0.364. The molecule has 3 aromatic rings. The van der Waals surface area contributed by atoms with Gasteiger partial charge >= 0.3 is 0 Å². The number of para-hydroxylation sites is 2. The van der Waals surface area contributed by atoms with Gasteiger partial charge in [0.15, 0.2) is 0 Å². The Bertz CT molecular complexity index is 917. The van der Waals surface area contributed by atoms with Crippen LogP contribution in [0, 0.1) is 5.92 Å². The first kappa shape index (κ1) is 16.5. The number of amides is 1. The second kappa shape index (κ2) is 6.82. The number of hydrogen-bond acceptors (Lipinski definition) is 3. The summed E-state index contributed by atoms with van der Waals surface area (Å²) in [4.78, 5) is 20.4. The minimum Gasteiger partial charge on any atom is -0.338 e. The number of rotatable bonds is 4. The highest BCUT2D eigenvalue weighted by atomic mass is 16.1. The van der Waals surface area contributed by atoms with Gasteiger partial charge in [0.25, 0.3) is 0 Å². The lowest BCUT2D eigenvalue weighted by Gasteiger charge is -2.28. The first-order valence-corrected chi connectivity index (χ1v) is 9.84. The van der Waals surface area contributed by atoms with Gasteiger partial charge < -0.3 is 15.6 Å². The summed E-state index contributed by atoms with van der Waals surface area (Å²) in [5.41, 5.74) is 3.84. The van der Waals surface area contributed by atoms with Crippen molar-refractivity contribution in [3.63, 3.8) is 0 Å². The van der Waals surface area contributed by atoms with Crippen molar-refractivity contribution >= 4 is 22.6 Å². The Labute approximate surface area is 158 Å². The predicted octanol–water partition coefficient (Wildman–Crippen LogP) is 4.09. The third-order valence-corrected chi connectivity index (χ3v) is 5.88. The number of H-pyrrole nitrogens is 1. The molecule has 2 saturated heterocycles. The fourth-order valence-corrected chi connectivity index (χ4v) is 4.62. The summed E-state index contributed by atoms with van der Waals surface area (Å²) in [6.45, 7) is 0. The molecule has 5 rings (SSSR count). The van der Waals surface area contributed by atoms with Gasteiger partial charge in [0, 0.05) is 29.8 Å². The molecule has 2 aliphatic heterocycles. The Kier molecular flexibility index (Phi) is 4.17. The quantitative estimate of drug-likeness (QED) is 0.656. The average molecular weight is 360 g/mol. The predicted molar refractivity (Wildman–Crippen MR) is 107 cm³/mol. The maximum atomic E-state index is 12.4. The summed E-state index contributed by atoms with van der Waals surface area (Å²) < 4.78 is 0. The molecular weight excluding hydrogens is 336 g/mol. The first-order chi connectivity index (χ1) is 13.2. The zero-order chi connectivity index (χ0) is 18.2. The largest absolute Gasteiger partial charge is 0.338 e. The molecule has 2 unspecified atom stereocenters. The molecule has 2 aromatic carbocycles. The van der Waals surface area contributed by atoms with Crippen LogP contribution in [-0.2, 0) is 4.79 Å². The van der Waals surface area contributed by atoms with Gasteiger partial charge in [0.05, 0.1) is 11.0 Å².